The normalized spacial score (nSPS) is 24.7. The highest BCUT2D eigenvalue weighted by Crippen LogP contribution is 2.30. The molecule has 2 aliphatic rings. The zero-order valence-electron chi connectivity index (χ0n) is 11.7. The lowest BCUT2D eigenvalue weighted by Crippen LogP contribution is -2.18. The largest absolute Gasteiger partial charge is 0.378 e. The first-order valence-corrected chi connectivity index (χ1v) is 7.82. The van der Waals surface area contributed by atoms with Gasteiger partial charge in [-0.3, -0.25) is 0 Å². The standard InChI is InChI=1S/C15H25N3O/c1-2-5-13(6-3-1)18-11-10-17-15(18)16-9-8-14-7-4-12-19-14/h10-11,13-14H,1-9,12H2,(H,16,17). The quantitative estimate of drug-likeness (QED) is 0.885. The number of nitrogens with zero attached hydrogens (tertiary/aromatic N) is 2. The van der Waals surface area contributed by atoms with E-state index in [0.717, 1.165) is 25.5 Å². The molecule has 1 N–H and O–H groups in total. The van der Waals surface area contributed by atoms with Crippen molar-refractivity contribution in [1.82, 2.24) is 9.55 Å². The fraction of sp³-hybridized carbons (Fsp3) is 0.800. The van der Waals surface area contributed by atoms with E-state index in [0.29, 0.717) is 12.1 Å². The maximum atomic E-state index is 5.65. The van der Waals surface area contributed by atoms with Crippen molar-refractivity contribution in [2.24, 2.45) is 0 Å². The Morgan fingerprint density at radius 2 is 2.11 bits per heavy atom. The van der Waals surface area contributed by atoms with E-state index in [4.69, 9.17) is 4.74 Å². The molecule has 0 bridgehead atoms. The van der Waals surface area contributed by atoms with Crippen LogP contribution in [0.3, 0.4) is 0 Å². The summed E-state index contributed by atoms with van der Waals surface area (Å²) in [5.74, 6) is 1.05. The van der Waals surface area contributed by atoms with Crippen molar-refractivity contribution in [3.8, 4) is 0 Å². The Morgan fingerprint density at radius 3 is 2.89 bits per heavy atom. The van der Waals surface area contributed by atoms with Gasteiger partial charge in [0.05, 0.1) is 6.10 Å². The number of rotatable bonds is 5. The maximum absolute atomic E-state index is 5.65. The molecule has 0 aromatic carbocycles. The molecule has 1 aromatic rings. The Morgan fingerprint density at radius 1 is 1.21 bits per heavy atom. The third-order valence-electron chi connectivity index (χ3n) is 4.41. The Bertz CT molecular complexity index is 378. The highest BCUT2D eigenvalue weighted by atomic mass is 16.5. The van der Waals surface area contributed by atoms with Crippen LogP contribution in [0, 0.1) is 0 Å². The topological polar surface area (TPSA) is 39.1 Å². The summed E-state index contributed by atoms with van der Waals surface area (Å²) in [7, 11) is 0. The lowest BCUT2D eigenvalue weighted by molar-refractivity contribution is 0.107. The van der Waals surface area contributed by atoms with Crippen LogP contribution in [0.1, 0.15) is 57.4 Å². The first-order chi connectivity index (χ1) is 9.43. The summed E-state index contributed by atoms with van der Waals surface area (Å²) in [5, 5.41) is 3.49. The van der Waals surface area contributed by atoms with Crippen LogP contribution in [0.5, 0.6) is 0 Å². The van der Waals surface area contributed by atoms with Crippen molar-refractivity contribution in [2.45, 2.75) is 63.5 Å². The number of imidazole rings is 1. The molecule has 4 heteroatoms. The molecule has 1 atom stereocenters. The van der Waals surface area contributed by atoms with E-state index in [9.17, 15) is 0 Å². The van der Waals surface area contributed by atoms with Gasteiger partial charge in [0.1, 0.15) is 0 Å². The number of hydrogen-bond acceptors (Lipinski definition) is 3. The number of hydrogen-bond donors (Lipinski definition) is 1. The molecule has 0 radical (unpaired) electrons. The summed E-state index contributed by atoms with van der Waals surface area (Å²) >= 11 is 0. The fourth-order valence-electron chi connectivity index (χ4n) is 3.32. The molecule has 1 aliphatic heterocycles. The van der Waals surface area contributed by atoms with Crippen molar-refractivity contribution in [3.63, 3.8) is 0 Å². The van der Waals surface area contributed by atoms with Crippen LogP contribution >= 0.6 is 0 Å². The van der Waals surface area contributed by atoms with Gasteiger partial charge in [-0.25, -0.2) is 4.98 Å². The summed E-state index contributed by atoms with van der Waals surface area (Å²) in [6, 6.07) is 0.654. The second kappa shape index (κ2) is 6.42. The van der Waals surface area contributed by atoms with Crippen molar-refractivity contribution in [2.75, 3.05) is 18.5 Å². The van der Waals surface area contributed by atoms with E-state index in [2.05, 4.69) is 21.1 Å². The van der Waals surface area contributed by atoms with Crippen LogP contribution in [-0.2, 0) is 4.74 Å². The van der Waals surface area contributed by atoms with E-state index < -0.39 is 0 Å². The fourth-order valence-corrected chi connectivity index (χ4v) is 3.32. The number of anilines is 1. The predicted octanol–water partition coefficient (Wildman–Crippen LogP) is 3.37. The van der Waals surface area contributed by atoms with E-state index in [-0.39, 0.29) is 0 Å². The van der Waals surface area contributed by atoms with Gasteiger partial charge in [-0.05, 0) is 32.1 Å². The molecule has 1 unspecified atom stereocenters. The van der Waals surface area contributed by atoms with Crippen molar-refractivity contribution in [3.05, 3.63) is 12.4 Å². The van der Waals surface area contributed by atoms with Crippen LogP contribution < -0.4 is 5.32 Å². The lowest BCUT2D eigenvalue weighted by atomic mass is 9.95. The number of nitrogens with one attached hydrogen (secondary N) is 1. The highest BCUT2D eigenvalue weighted by molar-refractivity contribution is 5.26. The van der Waals surface area contributed by atoms with Crippen molar-refractivity contribution < 1.29 is 4.74 Å². The SMILES string of the molecule is c1cn(C2CCCCC2)c(NCCC2CCCO2)n1. The maximum Gasteiger partial charge on any atom is 0.203 e. The summed E-state index contributed by atoms with van der Waals surface area (Å²) < 4.78 is 7.99. The Hall–Kier alpha value is -1.03. The van der Waals surface area contributed by atoms with E-state index in [1.807, 2.05) is 6.20 Å². The average Bonchev–Trinajstić information content (AvgIpc) is 3.11. The molecule has 1 saturated carbocycles. The molecular weight excluding hydrogens is 238 g/mol. The van der Waals surface area contributed by atoms with Crippen LogP contribution in [-0.4, -0.2) is 28.8 Å². The Balaban J connectivity index is 1.51. The van der Waals surface area contributed by atoms with Gasteiger partial charge in [-0.15, -0.1) is 0 Å². The van der Waals surface area contributed by atoms with Gasteiger partial charge < -0.3 is 14.6 Å². The lowest BCUT2D eigenvalue weighted by Gasteiger charge is -2.25. The number of ether oxygens (including phenoxy) is 1. The molecule has 0 amide bonds. The van der Waals surface area contributed by atoms with Gasteiger partial charge >= 0.3 is 0 Å². The summed E-state index contributed by atoms with van der Waals surface area (Å²) in [5.41, 5.74) is 0. The van der Waals surface area contributed by atoms with Gasteiger partial charge in [-0.1, -0.05) is 19.3 Å². The Kier molecular flexibility index (Phi) is 4.38. The van der Waals surface area contributed by atoms with Gasteiger partial charge in [0, 0.05) is 31.6 Å². The van der Waals surface area contributed by atoms with Crippen molar-refractivity contribution in [1.29, 1.82) is 0 Å². The summed E-state index contributed by atoms with van der Waals surface area (Å²) in [6.07, 6.45) is 14.8. The van der Waals surface area contributed by atoms with Gasteiger partial charge in [-0.2, -0.15) is 0 Å². The molecule has 4 nitrogen and oxygen atoms in total. The van der Waals surface area contributed by atoms with E-state index >= 15 is 0 Å². The van der Waals surface area contributed by atoms with Gasteiger partial charge in [0.15, 0.2) is 0 Å². The van der Waals surface area contributed by atoms with Crippen LogP contribution in [0.2, 0.25) is 0 Å². The molecule has 1 aromatic heterocycles. The zero-order valence-corrected chi connectivity index (χ0v) is 11.7. The summed E-state index contributed by atoms with van der Waals surface area (Å²) in [6.45, 7) is 1.91. The molecule has 2 heterocycles. The molecule has 106 valence electrons. The molecule has 1 aliphatic carbocycles. The highest BCUT2D eigenvalue weighted by Gasteiger charge is 2.18. The molecular formula is C15H25N3O. The van der Waals surface area contributed by atoms with Crippen LogP contribution in [0.4, 0.5) is 5.95 Å². The summed E-state index contributed by atoms with van der Waals surface area (Å²) in [4.78, 5) is 4.47. The average molecular weight is 263 g/mol. The third kappa shape index (κ3) is 3.30. The van der Waals surface area contributed by atoms with E-state index in [1.165, 1.54) is 44.9 Å². The third-order valence-corrected chi connectivity index (χ3v) is 4.41. The predicted molar refractivity (Wildman–Crippen MR) is 76.4 cm³/mol. The first-order valence-electron chi connectivity index (χ1n) is 7.82. The molecule has 2 fully saturated rings. The molecule has 1 saturated heterocycles. The van der Waals surface area contributed by atoms with Gasteiger partial charge in [0.2, 0.25) is 5.95 Å². The minimum absolute atomic E-state index is 0.464. The molecule has 0 spiro atoms. The minimum atomic E-state index is 0.464. The first kappa shape index (κ1) is 13.0. The van der Waals surface area contributed by atoms with Crippen LogP contribution in [0.25, 0.3) is 0 Å². The smallest absolute Gasteiger partial charge is 0.203 e. The molecule has 19 heavy (non-hydrogen) atoms. The molecule has 3 rings (SSSR count). The second-order valence-corrected chi connectivity index (χ2v) is 5.80. The van der Waals surface area contributed by atoms with Gasteiger partial charge in [0.25, 0.3) is 0 Å². The Labute approximate surface area is 115 Å². The minimum Gasteiger partial charge on any atom is -0.378 e. The number of aromatic nitrogens is 2. The monoisotopic (exact) mass is 263 g/mol. The van der Waals surface area contributed by atoms with Crippen molar-refractivity contribution >= 4 is 5.95 Å². The second-order valence-electron chi connectivity index (χ2n) is 5.80. The van der Waals surface area contributed by atoms with E-state index in [1.54, 1.807) is 0 Å². The van der Waals surface area contributed by atoms with Crippen LogP contribution in [0.15, 0.2) is 12.4 Å². The zero-order chi connectivity index (χ0) is 12.9.